The summed E-state index contributed by atoms with van der Waals surface area (Å²) in [6, 6.07) is 8.97. The molecule has 3 aromatic rings. The van der Waals surface area contributed by atoms with Crippen LogP contribution in [-0.4, -0.2) is 65.6 Å². The Kier molecular flexibility index (Phi) is 7.18. The molecular weight excluding hydrogens is 526 g/mol. The van der Waals surface area contributed by atoms with Crippen molar-refractivity contribution in [2.75, 3.05) is 53.8 Å². The minimum Gasteiger partial charge on any atom is -0.432 e. The smallest absolute Gasteiger partial charge is 0.327 e. The second-order valence-electron chi connectivity index (χ2n) is 9.77. The first kappa shape index (κ1) is 26.2. The van der Waals surface area contributed by atoms with Crippen LogP contribution in [-0.2, 0) is 4.74 Å². The van der Waals surface area contributed by atoms with Gasteiger partial charge in [0.25, 0.3) is 11.7 Å². The predicted molar refractivity (Wildman–Crippen MR) is 153 cm³/mol. The Labute approximate surface area is 236 Å². The van der Waals surface area contributed by atoms with Crippen molar-refractivity contribution in [1.29, 1.82) is 0 Å². The van der Waals surface area contributed by atoms with E-state index in [0.717, 1.165) is 27.7 Å². The van der Waals surface area contributed by atoms with Gasteiger partial charge >= 0.3 is 12.0 Å². The number of pyridine rings is 1. The van der Waals surface area contributed by atoms with E-state index in [-0.39, 0.29) is 11.9 Å². The highest BCUT2D eigenvalue weighted by atomic mass is 16.5. The summed E-state index contributed by atoms with van der Waals surface area (Å²) < 4.78 is 10.6. The van der Waals surface area contributed by atoms with Crippen LogP contribution in [0.3, 0.4) is 0 Å². The first-order valence-corrected chi connectivity index (χ1v) is 13.2. The summed E-state index contributed by atoms with van der Waals surface area (Å²) in [5.41, 5.74) is 4.43. The zero-order valence-electron chi connectivity index (χ0n) is 22.7. The second kappa shape index (κ2) is 11.2. The fourth-order valence-corrected chi connectivity index (χ4v) is 4.84. The maximum absolute atomic E-state index is 12.8. The van der Waals surface area contributed by atoms with Gasteiger partial charge in [-0.2, -0.15) is 9.98 Å². The number of oxazole rings is 1. The molecule has 0 bridgehead atoms. The molecule has 3 aliphatic heterocycles. The number of benzene rings is 1. The Morgan fingerprint density at radius 3 is 2.68 bits per heavy atom. The Morgan fingerprint density at radius 1 is 1.07 bits per heavy atom. The second-order valence-corrected chi connectivity index (χ2v) is 9.77. The van der Waals surface area contributed by atoms with Gasteiger partial charge in [-0.25, -0.2) is 14.7 Å². The van der Waals surface area contributed by atoms with E-state index in [0.29, 0.717) is 55.7 Å². The van der Waals surface area contributed by atoms with Crippen molar-refractivity contribution < 1.29 is 23.6 Å². The van der Waals surface area contributed by atoms with Gasteiger partial charge in [0.2, 0.25) is 0 Å². The van der Waals surface area contributed by atoms with E-state index in [4.69, 9.17) is 9.15 Å². The Morgan fingerprint density at radius 2 is 1.93 bits per heavy atom. The summed E-state index contributed by atoms with van der Waals surface area (Å²) in [6.45, 7) is 6.59. The summed E-state index contributed by atoms with van der Waals surface area (Å²) in [4.78, 5) is 43.4. The molecule has 1 unspecified atom stereocenters. The van der Waals surface area contributed by atoms with Gasteiger partial charge in [-0.05, 0) is 43.7 Å². The highest BCUT2D eigenvalue weighted by molar-refractivity contribution is 6.00. The number of ether oxygens (including phenoxy) is 1. The lowest BCUT2D eigenvalue weighted by Gasteiger charge is -2.31. The number of urea groups is 1. The van der Waals surface area contributed by atoms with E-state index in [1.54, 1.807) is 36.4 Å². The number of hydrogen-bond acceptors (Lipinski definition) is 9. The summed E-state index contributed by atoms with van der Waals surface area (Å²) in [5, 5.41) is 8.85. The normalized spacial score (nSPS) is 18.0. The van der Waals surface area contributed by atoms with E-state index < -0.39 is 6.03 Å². The Hall–Kier alpha value is -5.01. The van der Waals surface area contributed by atoms with Crippen LogP contribution in [0.4, 0.5) is 28.0 Å². The van der Waals surface area contributed by atoms with Crippen LogP contribution in [0.15, 0.2) is 76.5 Å². The zero-order chi connectivity index (χ0) is 28.3. The lowest BCUT2D eigenvalue weighted by atomic mass is 10.1. The molecule has 210 valence electrons. The lowest BCUT2D eigenvalue weighted by Crippen LogP contribution is -3.12. The number of nitrogens with zero attached hydrogens (tertiary/aromatic N) is 5. The van der Waals surface area contributed by atoms with Gasteiger partial charge < -0.3 is 24.7 Å². The number of rotatable bonds is 6. The third kappa shape index (κ3) is 5.66. The molecule has 4 N–H and O–H groups in total. The van der Waals surface area contributed by atoms with Gasteiger partial charge in [0, 0.05) is 31.2 Å². The van der Waals surface area contributed by atoms with Gasteiger partial charge in [0.05, 0.1) is 36.4 Å². The first-order valence-electron chi connectivity index (χ1n) is 13.2. The molecule has 0 saturated carbocycles. The number of anilines is 4. The Balaban J connectivity index is 1.19. The number of aryl methyl sites for hydroxylation is 1. The SMILES string of the molecule is Cc1coc(NC(=O)Nc2cccc(N3C=C(Nc4ccc(C(=O)N5CCOCC5)cn4)C4=NC=C[NH+]4C3)c2C)n1. The molecule has 1 saturated heterocycles. The molecule has 0 radical (unpaired) electrons. The van der Waals surface area contributed by atoms with Gasteiger partial charge in [-0.1, -0.05) is 6.07 Å². The zero-order valence-corrected chi connectivity index (χ0v) is 22.7. The number of aliphatic imine (C=N–C) groups is 1. The quantitative estimate of drug-likeness (QED) is 0.363. The topological polar surface area (TPSA) is 142 Å². The maximum atomic E-state index is 12.8. The van der Waals surface area contributed by atoms with E-state index in [1.165, 1.54) is 6.26 Å². The molecule has 3 aliphatic rings. The Bertz CT molecular complexity index is 1550. The van der Waals surface area contributed by atoms with Crippen LogP contribution in [0.25, 0.3) is 0 Å². The standard InChI is InChI=1S/C28H29N9O4/c1-18-16-41-28(31-18)34-27(39)33-21-4-3-5-23(19(21)2)37-15-22(25-29-8-9-36(25)17-37)32-24-7-6-20(14-30-24)26(38)35-10-12-40-13-11-35/h3-9,14-16H,10-13,17H2,1-2H3,(H,30,32)(H2,31,33,34,39)/p+1. The van der Waals surface area contributed by atoms with E-state index in [2.05, 4.69) is 35.8 Å². The summed E-state index contributed by atoms with van der Waals surface area (Å²) in [7, 11) is 0. The fraction of sp³-hybridized carbons (Fsp3) is 0.250. The molecule has 1 fully saturated rings. The average molecular weight is 557 g/mol. The minimum absolute atomic E-state index is 0.0522. The molecule has 0 spiro atoms. The molecule has 3 amide bonds. The first-order chi connectivity index (χ1) is 19.9. The molecule has 0 aliphatic carbocycles. The monoisotopic (exact) mass is 556 g/mol. The number of carbonyl (C=O) groups excluding carboxylic acids is 2. The van der Waals surface area contributed by atoms with Crippen LogP contribution in [0.5, 0.6) is 0 Å². The number of quaternary nitrogens is 1. The average Bonchev–Trinajstić information content (AvgIpc) is 3.63. The highest BCUT2D eigenvalue weighted by Gasteiger charge is 2.32. The van der Waals surface area contributed by atoms with Crippen LogP contribution < -0.4 is 25.8 Å². The number of carbonyl (C=O) groups is 2. The molecular formula is C28H30N9O4+. The van der Waals surface area contributed by atoms with Crippen LogP contribution in [0.2, 0.25) is 0 Å². The number of fused-ring (bicyclic) bond motifs is 1. The summed E-state index contributed by atoms with van der Waals surface area (Å²) >= 11 is 0. The number of amides is 3. The third-order valence-corrected chi connectivity index (χ3v) is 6.94. The number of hydrogen-bond donors (Lipinski definition) is 4. The van der Waals surface area contributed by atoms with E-state index in [9.17, 15) is 9.59 Å². The molecule has 13 nitrogen and oxygen atoms in total. The van der Waals surface area contributed by atoms with Crippen LogP contribution >= 0.6 is 0 Å². The number of morpholine rings is 1. The van der Waals surface area contributed by atoms with Gasteiger partial charge in [-0.15, -0.1) is 0 Å². The maximum Gasteiger partial charge on any atom is 0.327 e. The van der Waals surface area contributed by atoms with Crippen LogP contribution in [0.1, 0.15) is 21.6 Å². The van der Waals surface area contributed by atoms with Crippen molar-refractivity contribution in [3.8, 4) is 0 Å². The molecule has 1 atom stereocenters. The van der Waals surface area contributed by atoms with Crippen molar-refractivity contribution in [3.63, 3.8) is 0 Å². The molecule has 1 aromatic carbocycles. The van der Waals surface area contributed by atoms with Gasteiger partial charge in [-0.3, -0.25) is 15.0 Å². The molecule has 41 heavy (non-hydrogen) atoms. The van der Waals surface area contributed by atoms with Crippen molar-refractivity contribution >= 4 is 41.0 Å². The fourth-order valence-electron chi connectivity index (χ4n) is 4.84. The number of nitrogens with one attached hydrogen (secondary N) is 4. The van der Waals surface area contributed by atoms with Gasteiger partial charge in [0.15, 0.2) is 6.67 Å². The number of amidine groups is 1. The largest absolute Gasteiger partial charge is 0.432 e. The van der Waals surface area contributed by atoms with Crippen LogP contribution in [0, 0.1) is 13.8 Å². The third-order valence-electron chi connectivity index (χ3n) is 6.94. The predicted octanol–water partition coefficient (Wildman–Crippen LogP) is 2.30. The molecule has 13 heteroatoms. The van der Waals surface area contributed by atoms with Crippen molar-refractivity contribution in [2.24, 2.45) is 4.99 Å². The lowest BCUT2D eigenvalue weighted by molar-refractivity contribution is -0.743. The van der Waals surface area contributed by atoms with Crippen molar-refractivity contribution in [3.05, 3.63) is 83.9 Å². The molecule has 2 aromatic heterocycles. The van der Waals surface area contributed by atoms with Gasteiger partial charge in [0.1, 0.15) is 24.0 Å². The molecule has 6 rings (SSSR count). The summed E-state index contributed by atoms with van der Waals surface area (Å²) in [6.07, 6.45) is 8.80. The summed E-state index contributed by atoms with van der Waals surface area (Å²) in [5.74, 6) is 1.38. The van der Waals surface area contributed by atoms with E-state index >= 15 is 0 Å². The van der Waals surface area contributed by atoms with Crippen molar-refractivity contribution in [2.45, 2.75) is 13.8 Å². The molecule has 5 heterocycles. The minimum atomic E-state index is -0.451. The van der Waals surface area contributed by atoms with Crippen molar-refractivity contribution in [1.82, 2.24) is 14.9 Å². The number of aromatic nitrogens is 2. The van der Waals surface area contributed by atoms with E-state index in [1.807, 2.05) is 37.5 Å². The highest BCUT2D eigenvalue weighted by Crippen LogP contribution is 2.28.